The Balaban J connectivity index is 1.44. The van der Waals surface area contributed by atoms with Gasteiger partial charge < -0.3 is 0 Å². The molecule has 0 N–H and O–H groups in total. The van der Waals surface area contributed by atoms with E-state index < -0.39 is 0 Å². The van der Waals surface area contributed by atoms with Gasteiger partial charge in [-0.25, -0.2) is 4.98 Å². The summed E-state index contributed by atoms with van der Waals surface area (Å²) in [4.78, 5) is 20.0. The molecule has 144 valence electrons. The van der Waals surface area contributed by atoms with Crippen LogP contribution >= 0.6 is 22.9 Å². The number of carbonyl (C=O) groups is 1. The van der Waals surface area contributed by atoms with Crippen molar-refractivity contribution in [3.8, 4) is 0 Å². The van der Waals surface area contributed by atoms with Gasteiger partial charge in [-0.05, 0) is 60.8 Å². The van der Waals surface area contributed by atoms with Gasteiger partial charge in [-0.3, -0.25) is 9.69 Å². The monoisotopic (exact) mass is 410 g/mol. The number of anilines is 1. The Bertz CT molecular complexity index is 1000. The van der Waals surface area contributed by atoms with Crippen LogP contribution in [0, 0.1) is 17.8 Å². The number of hydrogen-bond acceptors (Lipinski definition) is 3. The van der Waals surface area contributed by atoms with Gasteiger partial charge in [0.15, 0.2) is 5.13 Å². The average Bonchev–Trinajstić information content (AvgIpc) is 3.41. The molecule has 28 heavy (non-hydrogen) atoms. The molecule has 1 heterocycles. The number of benzene rings is 2. The molecule has 0 radical (unpaired) electrons. The molecule has 3 nitrogen and oxygen atoms in total. The normalized spacial score (nSPS) is 23.4. The molecule has 2 saturated carbocycles. The first kappa shape index (κ1) is 18.1. The van der Waals surface area contributed by atoms with Gasteiger partial charge in [0, 0.05) is 11.4 Å². The second-order valence-corrected chi connectivity index (χ2v) is 9.66. The highest BCUT2D eigenvalue weighted by Gasteiger charge is 2.41. The molecule has 0 unspecified atom stereocenters. The maximum atomic E-state index is 13.4. The smallest absolute Gasteiger partial charge is 0.229 e. The van der Waals surface area contributed by atoms with Crippen molar-refractivity contribution in [2.75, 3.05) is 4.90 Å². The van der Waals surface area contributed by atoms with Gasteiger partial charge in [-0.1, -0.05) is 59.7 Å². The number of halogens is 1. The number of amides is 1. The molecule has 0 aliphatic heterocycles. The molecule has 5 heteroatoms. The van der Waals surface area contributed by atoms with E-state index in [9.17, 15) is 4.79 Å². The van der Waals surface area contributed by atoms with E-state index in [4.69, 9.17) is 16.6 Å². The molecule has 3 atom stereocenters. The molecular formula is C23H23ClN2OS. The van der Waals surface area contributed by atoms with Gasteiger partial charge in [-0.15, -0.1) is 0 Å². The molecule has 2 bridgehead atoms. The summed E-state index contributed by atoms with van der Waals surface area (Å²) in [6.07, 6.45) is 5.87. The van der Waals surface area contributed by atoms with Crippen LogP contribution in [0.1, 0.15) is 37.7 Å². The number of thiazole rings is 1. The Hall–Kier alpha value is -1.91. The Morgan fingerprint density at radius 2 is 2.00 bits per heavy atom. The predicted octanol–water partition coefficient (Wildman–Crippen LogP) is 6.31. The summed E-state index contributed by atoms with van der Waals surface area (Å²) in [7, 11) is 0. The van der Waals surface area contributed by atoms with Crippen LogP contribution in [0.4, 0.5) is 5.13 Å². The van der Waals surface area contributed by atoms with Crippen molar-refractivity contribution >= 4 is 44.2 Å². The standard InChI is InChI=1S/C23H23ClN2OS/c24-19-8-9-20-21(13-19)28-23(25-20)26(14-15-4-2-1-3-5-15)22(27)12-18-11-16-6-7-17(18)10-16/h1-5,8-9,13,16-18H,6-7,10-12,14H2/t16-,17-,18+/m1/s1. The van der Waals surface area contributed by atoms with E-state index in [0.29, 0.717) is 23.9 Å². The van der Waals surface area contributed by atoms with E-state index in [2.05, 4.69) is 12.1 Å². The Morgan fingerprint density at radius 3 is 2.75 bits per heavy atom. The third-order valence-corrected chi connectivity index (χ3v) is 7.65. The Labute approximate surface area is 174 Å². The lowest BCUT2D eigenvalue weighted by atomic mass is 9.86. The number of rotatable bonds is 5. The highest BCUT2D eigenvalue weighted by atomic mass is 35.5. The van der Waals surface area contributed by atoms with Gasteiger partial charge in [0.1, 0.15) is 0 Å². The van der Waals surface area contributed by atoms with E-state index >= 15 is 0 Å². The summed E-state index contributed by atoms with van der Waals surface area (Å²) in [6.45, 7) is 0.564. The summed E-state index contributed by atoms with van der Waals surface area (Å²) in [5.41, 5.74) is 2.02. The Kier molecular flexibility index (Phi) is 4.85. The maximum absolute atomic E-state index is 13.4. The fraction of sp³-hybridized carbons (Fsp3) is 0.391. The van der Waals surface area contributed by atoms with Crippen LogP contribution in [-0.2, 0) is 11.3 Å². The van der Waals surface area contributed by atoms with Crippen LogP contribution in [-0.4, -0.2) is 10.9 Å². The first-order chi connectivity index (χ1) is 13.7. The van der Waals surface area contributed by atoms with Crippen molar-refractivity contribution in [3.05, 3.63) is 59.1 Å². The summed E-state index contributed by atoms with van der Waals surface area (Å²) in [5, 5.41) is 1.47. The van der Waals surface area contributed by atoms with Crippen molar-refractivity contribution in [2.24, 2.45) is 17.8 Å². The van der Waals surface area contributed by atoms with Crippen LogP contribution < -0.4 is 4.90 Å². The molecule has 5 rings (SSSR count). The largest absolute Gasteiger partial charge is 0.284 e. The first-order valence-corrected chi connectivity index (χ1v) is 11.3. The van der Waals surface area contributed by atoms with E-state index in [0.717, 1.165) is 32.7 Å². The predicted molar refractivity (Wildman–Crippen MR) is 116 cm³/mol. The second-order valence-electron chi connectivity index (χ2n) is 8.21. The molecule has 1 aromatic heterocycles. The lowest BCUT2D eigenvalue weighted by Crippen LogP contribution is -2.32. The molecule has 3 aromatic rings. The Morgan fingerprint density at radius 1 is 1.14 bits per heavy atom. The molecule has 2 aliphatic rings. The molecule has 2 aliphatic carbocycles. The van der Waals surface area contributed by atoms with E-state index in [1.807, 2.05) is 41.3 Å². The van der Waals surface area contributed by atoms with Gasteiger partial charge in [0.25, 0.3) is 0 Å². The fourth-order valence-electron chi connectivity index (χ4n) is 4.99. The number of carbonyl (C=O) groups excluding carboxylic acids is 1. The number of aromatic nitrogens is 1. The zero-order chi connectivity index (χ0) is 19.1. The van der Waals surface area contributed by atoms with Gasteiger partial charge in [0.05, 0.1) is 16.8 Å². The van der Waals surface area contributed by atoms with Crippen molar-refractivity contribution in [3.63, 3.8) is 0 Å². The fourth-order valence-corrected chi connectivity index (χ4v) is 6.25. The van der Waals surface area contributed by atoms with Crippen molar-refractivity contribution in [1.82, 2.24) is 4.98 Å². The lowest BCUT2D eigenvalue weighted by Gasteiger charge is -2.25. The van der Waals surface area contributed by atoms with Crippen LogP contribution in [0.15, 0.2) is 48.5 Å². The third-order valence-electron chi connectivity index (χ3n) is 6.38. The van der Waals surface area contributed by atoms with Crippen LogP contribution in [0.5, 0.6) is 0 Å². The van der Waals surface area contributed by atoms with E-state index in [1.54, 1.807) is 11.3 Å². The third kappa shape index (κ3) is 3.56. The minimum absolute atomic E-state index is 0.201. The van der Waals surface area contributed by atoms with Gasteiger partial charge in [-0.2, -0.15) is 0 Å². The van der Waals surface area contributed by atoms with Crippen LogP contribution in [0.3, 0.4) is 0 Å². The first-order valence-electron chi connectivity index (χ1n) is 10.1. The highest BCUT2D eigenvalue weighted by molar-refractivity contribution is 7.22. The average molecular weight is 411 g/mol. The van der Waals surface area contributed by atoms with Crippen LogP contribution in [0.25, 0.3) is 10.2 Å². The van der Waals surface area contributed by atoms with Gasteiger partial charge >= 0.3 is 0 Å². The quantitative estimate of drug-likeness (QED) is 0.493. The summed E-state index contributed by atoms with van der Waals surface area (Å²) < 4.78 is 1.02. The molecule has 1 amide bonds. The zero-order valence-electron chi connectivity index (χ0n) is 15.7. The summed E-state index contributed by atoms with van der Waals surface area (Å²) in [6, 6.07) is 15.9. The lowest BCUT2D eigenvalue weighted by molar-refractivity contribution is -0.120. The zero-order valence-corrected chi connectivity index (χ0v) is 17.3. The minimum atomic E-state index is 0.201. The van der Waals surface area contributed by atoms with E-state index in [-0.39, 0.29) is 5.91 Å². The molecule has 0 saturated heterocycles. The number of hydrogen-bond donors (Lipinski definition) is 0. The number of nitrogens with zero attached hydrogens (tertiary/aromatic N) is 2. The van der Waals surface area contributed by atoms with Crippen molar-refractivity contribution < 1.29 is 4.79 Å². The van der Waals surface area contributed by atoms with E-state index in [1.165, 1.54) is 25.7 Å². The molecule has 0 spiro atoms. The van der Waals surface area contributed by atoms with Crippen molar-refractivity contribution in [2.45, 2.75) is 38.6 Å². The topological polar surface area (TPSA) is 33.2 Å². The second kappa shape index (κ2) is 7.49. The highest BCUT2D eigenvalue weighted by Crippen LogP contribution is 2.49. The molecule has 2 aromatic carbocycles. The summed E-state index contributed by atoms with van der Waals surface area (Å²) in [5.74, 6) is 2.36. The number of fused-ring (bicyclic) bond motifs is 3. The van der Waals surface area contributed by atoms with Crippen LogP contribution in [0.2, 0.25) is 5.02 Å². The molecule has 2 fully saturated rings. The van der Waals surface area contributed by atoms with Gasteiger partial charge in [0.2, 0.25) is 5.91 Å². The minimum Gasteiger partial charge on any atom is -0.284 e. The van der Waals surface area contributed by atoms with Crippen molar-refractivity contribution in [1.29, 1.82) is 0 Å². The maximum Gasteiger partial charge on any atom is 0.229 e. The SMILES string of the molecule is O=C(C[C@@H]1C[C@@H]2CC[C@@H]1C2)N(Cc1ccccc1)c1nc2ccc(Cl)cc2s1. The molecular weight excluding hydrogens is 388 g/mol. The summed E-state index contributed by atoms with van der Waals surface area (Å²) >= 11 is 7.70.